The molecule has 0 spiro atoms. The topological polar surface area (TPSA) is 37.2 Å². The molecular weight excluding hydrogens is 476 g/mol. The minimum Gasteiger partial charge on any atom is -0.389 e. The van der Waals surface area contributed by atoms with Crippen LogP contribution in [-0.2, 0) is 6.54 Å². The zero-order valence-corrected chi connectivity index (χ0v) is 22.5. The lowest BCUT2D eigenvalue weighted by Crippen LogP contribution is -2.25. The number of rotatable bonds is 8. The lowest BCUT2D eigenvalue weighted by Gasteiger charge is -2.18. The van der Waals surface area contributed by atoms with Gasteiger partial charge in [0.25, 0.3) is 0 Å². The van der Waals surface area contributed by atoms with Gasteiger partial charge < -0.3 is 15.0 Å². The van der Waals surface area contributed by atoms with E-state index in [-0.39, 0.29) is 12.4 Å². The fourth-order valence-electron chi connectivity index (χ4n) is 4.95. The van der Waals surface area contributed by atoms with E-state index in [9.17, 15) is 5.11 Å². The summed E-state index contributed by atoms with van der Waals surface area (Å²) in [6, 6.07) is 36.2. The number of nitrogens with one attached hydrogen (secondary N) is 1. The van der Waals surface area contributed by atoms with Crippen molar-refractivity contribution in [2.45, 2.75) is 39.3 Å². The van der Waals surface area contributed by atoms with Gasteiger partial charge in [-0.1, -0.05) is 98.3 Å². The highest BCUT2D eigenvalue weighted by Crippen LogP contribution is 2.41. The molecule has 0 radical (unpaired) electrons. The fourth-order valence-corrected chi connectivity index (χ4v) is 4.95. The van der Waals surface area contributed by atoms with Crippen molar-refractivity contribution < 1.29 is 5.11 Å². The molecule has 4 aromatic carbocycles. The number of benzene rings is 4. The summed E-state index contributed by atoms with van der Waals surface area (Å²) >= 11 is 0. The van der Waals surface area contributed by atoms with Crippen molar-refractivity contribution in [3.63, 3.8) is 0 Å². The molecule has 0 aliphatic heterocycles. The molecule has 1 atom stereocenters. The van der Waals surface area contributed by atoms with Crippen molar-refractivity contribution in [2.75, 3.05) is 11.9 Å². The normalized spacial score (nSPS) is 11.9. The van der Waals surface area contributed by atoms with Gasteiger partial charge in [-0.05, 0) is 53.8 Å². The van der Waals surface area contributed by atoms with Crippen molar-refractivity contribution in [3.8, 4) is 22.4 Å². The molecule has 3 nitrogen and oxygen atoms in total. The van der Waals surface area contributed by atoms with Gasteiger partial charge in [0.05, 0.1) is 18.3 Å². The van der Waals surface area contributed by atoms with E-state index in [1.807, 2.05) is 6.07 Å². The quantitative estimate of drug-likeness (QED) is 0.220. The first-order valence-electron chi connectivity index (χ1n) is 12.8. The molecule has 190 valence electrons. The molecule has 5 aromatic rings. The van der Waals surface area contributed by atoms with E-state index in [1.165, 1.54) is 27.6 Å². The number of aliphatic hydroxyl groups excluding tert-OH is 1. The van der Waals surface area contributed by atoms with Gasteiger partial charge in [0, 0.05) is 28.7 Å². The molecular formula is C33H35ClN2O. The molecule has 0 aliphatic rings. The predicted octanol–water partition coefficient (Wildman–Crippen LogP) is 8.30. The summed E-state index contributed by atoms with van der Waals surface area (Å²) in [7, 11) is 0. The van der Waals surface area contributed by atoms with Crippen molar-refractivity contribution in [2.24, 2.45) is 0 Å². The number of fused-ring (bicyclic) bond motifs is 1. The summed E-state index contributed by atoms with van der Waals surface area (Å²) in [5, 5.41) is 15.8. The van der Waals surface area contributed by atoms with Crippen LogP contribution in [0, 0.1) is 6.92 Å². The second-order valence-electron chi connectivity index (χ2n) is 9.90. The molecule has 4 heteroatoms. The smallest absolute Gasteiger partial charge is 0.0891 e. The lowest BCUT2D eigenvalue weighted by atomic mass is 9.98. The van der Waals surface area contributed by atoms with Crippen molar-refractivity contribution in [3.05, 3.63) is 114 Å². The van der Waals surface area contributed by atoms with Crippen LogP contribution in [0.5, 0.6) is 0 Å². The molecule has 0 fully saturated rings. The second kappa shape index (κ2) is 11.7. The maximum absolute atomic E-state index is 11.2. The molecule has 1 aromatic heterocycles. The van der Waals surface area contributed by atoms with E-state index in [4.69, 9.17) is 0 Å². The Labute approximate surface area is 226 Å². The number of aromatic nitrogens is 1. The van der Waals surface area contributed by atoms with Crippen molar-refractivity contribution >= 4 is 29.0 Å². The first-order chi connectivity index (χ1) is 17.5. The zero-order chi connectivity index (χ0) is 25.1. The molecule has 0 saturated heterocycles. The van der Waals surface area contributed by atoms with E-state index in [2.05, 4.69) is 128 Å². The Kier molecular flexibility index (Phi) is 8.38. The SMILES string of the molecule is Cc1ccc2c(c1)c(-c1ccccc1)c(-c1ccccc1)n2CC(O)CNc1ccc(C(C)C)cc1.Cl. The minimum atomic E-state index is -0.558. The first kappa shape index (κ1) is 26.5. The van der Waals surface area contributed by atoms with Crippen LogP contribution in [0.1, 0.15) is 30.9 Å². The zero-order valence-electron chi connectivity index (χ0n) is 21.7. The van der Waals surface area contributed by atoms with Crippen LogP contribution in [0.15, 0.2) is 103 Å². The molecule has 0 bridgehead atoms. The van der Waals surface area contributed by atoms with Gasteiger partial charge in [0.15, 0.2) is 0 Å². The fraction of sp³-hybridized carbons (Fsp3) is 0.212. The monoisotopic (exact) mass is 510 g/mol. The number of hydrogen-bond donors (Lipinski definition) is 2. The van der Waals surface area contributed by atoms with Crippen LogP contribution >= 0.6 is 12.4 Å². The summed E-state index contributed by atoms with van der Waals surface area (Å²) in [6.45, 7) is 7.50. The van der Waals surface area contributed by atoms with Crippen LogP contribution in [0.4, 0.5) is 5.69 Å². The molecule has 1 heterocycles. The summed E-state index contributed by atoms with van der Waals surface area (Å²) < 4.78 is 2.29. The molecule has 0 aliphatic carbocycles. The van der Waals surface area contributed by atoms with Crippen LogP contribution in [0.2, 0.25) is 0 Å². The Morgan fingerprint density at radius 3 is 2.03 bits per heavy atom. The molecule has 0 saturated carbocycles. The highest BCUT2D eigenvalue weighted by atomic mass is 35.5. The van der Waals surface area contributed by atoms with Crippen LogP contribution in [0.3, 0.4) is 0 Å². The third-order valence-corrected chi connectivity index (χ3v) is 6.84. The van der Waals surface area contributed by atoms with E-state index < -0.39 is 6.10 Å². The van der Waals surface area contributed by atoms with Crippen LogP contribution < -0.4 is 5.32 Å². The highest BCUT2D eigenvalue weighted by Gasteiger charge is 2.21. The standard InChI is InChI=1S/C33H34N2O.ClH/c1-23(2)25-15-17-28(18-16-25)34-21-29(36)22-35-31-19-14-24(3)20-30(31)32(26-10-6-4-7-11-26)33(35)27-12-8-5-9-13-27;/h4-20,23,29,34,36H,21-22H2,1-3H3;1H. The number of anilines is 1. The second-order valence-corrected chi connectivity index (χ2v) is 9.90. The number of aliphatic hydroxyl groups is 1. The Morgan fingerprint density at radius 1 is 0.784 bits per heavy atom. The van der Waals surface area contributed by atoms with Gasteiger partial charge in [-0.15, -0.1) is 12.4 Å². The average molecular weight is 511 g/mol. The van der Waals surface area contributed by atoms with E-state index in [1.54, 1.807) is 0 Å². The Bertz CT molecular complexity index is 1440. The third-order valence-electron chi connectivity index (χ3n) is 6.84. The Balaban J connectivity index is 0.00000320. The van der Waals surface area contributed by atoms with Gasteiger partial charge in [-0.3, -0.25) is 0 Å². The van der Waals surface area contributed by atoms with E-state index >= 15 is 0 Å². The molecule has 2 N–H and O–H groups in total. The first-order valence-corrected chi connectivity index (χ1v) is 12.8. The molecule has 5 rings (SSSR count). The maximum atomic E-state index is 11.2. The lowest BCUT2D eigenvalue weighted by molar-refractivity contribution is 0.169. The Morgan fingerprint density at radius 2 is 1.41 bits per heavy atom. The van der Waals surface area contributed by atoms with Gasteiger partial charge in [0.1, 0.15) is 0 Å². The van der Waals surface area contributed by atoms with Gasteiger partial charge in [-0.2, -0.15) is 0 Å². The largest absolute Gasteiger partial charge is 0.389 e. The molecule has 1 unspecified atom stereocenters. The summed E-state index contributed by atoms with van der Waals surface area (Å²) in [5.74, 6) is 0.505. The van der Waals surface area contributed by atoms with Crippen molar-refractivity contribution in [1.82, 2.24) is 4.57 Å². The number of hydrogen-bond acceptors (Lipinski definition) is 2. The summed E-state index contributed by atoms with van der Waals surface area (Å²) in [5.41, 5.74) is 9.39. The Hall–Kier alpha value is -3.53. The van der Waals surface area contributed by atoms with E-state index in [0.29, 0.717) is 19.0 Å². The number of aryl methyl sites for hydroxylation is 1. The maximum Gasteiger partial charge on any atom is 0.0891 e. The third kappa shape index (κ3) is 5.74. The number of halogens is 1. The highest BCUT2D eigenvalue weighted by molar-refractivity contribution is 6.04. The van der Waals surface area contributed by atoms with Crippen molar-refractivity contribution in [1.29, 1.82) is 0 Å². The van der Waals surface area contributed by atoms with Crippen LogP contribution in [-0.4, -0.2) is 22.3 Å². The van der Waals surface area contributed by atoms with Gasteiger partial charge >= 0.3 is 0 Å². The van der Waals surface area contributed by atoms with Gasteiger partial charge in [-0.25, -0.2) is 0 Å². The minimum absolute atomic E-state index is 0. The number of nitrogens with zero attached hydrogens (tertiary/aromatic N) is 1. The predicted molar refractivity (Wildman–Crippen MR) is 160 cm³/mol. The van der Waals surface area contributed by atoms with E-state index in [0.717, 1.165) is 22.5 Å². The molecule has 0 amide bonds. The summed E-state index contributed by atoms with van der Waals surface area (Å²) in [4.78, 5) is 0. The molecule has 37 heavy (non-hydrogen) atoms. The van der Waals surface area contributed by atoms with Gasteiger partial charge in [0.2, 0.25) is 0 Å². The summed E-state index contributed by atoms with van der Waals surface area (Å²) in [6.07, 6.45) is -0.558. The average Bonchev–Trinajstić information content (AvgIpc) is 3.21. The van der Waals surface area contributed by atoms with Crippen LogP contribution in [0.25, 0.3) is 33.3 Å².